The summed E-state index contributed by atoms with van der Waals surface area (Å²) in [6.07, 6.45) is 0.965. The van der Waals surface area contributed by atoms with Crippen LogP contribution in [0.15, 0.2) is 18.2 Å². The number of aliphatic hydroxyl groups is 4. The summed E-state index contributed by atoms with van der Waals surface area (Å²) in [6.45, 7) is 0. The first-order valence-electron chi connectivity index (χ1n) is 10.2. The van der Waals surface area contributed by atoms with Gasteiger partial charge in [0, 0.05) is 28.6 Å². The zero-order chi connectivity index (χ0) is 21.0. The molecule has 5 atom stereocenters. The zero-order valence-electron chi connectivity index (χ0n) is 16.3. The van der Waals surface area contributed by atoms with Crippen molar-refractivity contribution in [1.82, 2.24) is 10.2 Å². The van der Waals surface area contributed by atoms with Gasteiger partial charge in [-0.25, -0.2) is 4.90 Å². The lowest BCUT2D eigenvalue weighted by Crippen LogP contribution is -2.57. The lowest BCUT2D eigenvalue weighted by Gasteiger charge is -2.40. The van der Waals surface area contributed by atoms with Gasteiger partial charge in [0.05, 0.1) is 6.04 Å². The van der Waals surface area contributed by atoms with Gasteiger partial charge in [-0.1, -0.05) is 40.9 Å². The Hall–Kier alpha value is -1.07. The van der Waals surface area contributed by atoms with Gasteiger partial charge >= 0.3 is 0 Å². The number of benzene rings is 1. The summed E-state index contributed by atoms with van der Waals surface area (Å²) in [5.41, 5.74) is 1.43. The minimum absolute atomic E-state index is 0.125. The quantitative estimate of drug-likeness (QED) is 0.251. The molecule has 3 rings (SSSR count). The molecule has 5 unspecified atom stereocenters. The minimum atomic E-state index is -1.17. The van der Waals surface area contributed by atoms with Crippen LogP contribution in [0.5, 0.6) is 0 Å². The van der Waals surface area contributed by atoms with E-state index in [9.17, 15) is 25.2 Å². The Morgan fingerprint density at radius 2 is 1.86 bits per heavy atom. The summed E-state index contributed by atoms with van der Waals surface area (Å²) in [7, 11) is 0. The van der Waals surface area contributed by atoms with Crippen molar-refractivity contribution < 1.29 is 25.2 Å². The number of halogens is 1. The summed E-state index contributed by atoms with van der Waals surface area (Å²) in [5.74, 6) is -0.125. The van der Waals surface area contributed by atoms with E-state index in [-0.39, 0.29) is 5.91 Å². The predicted molar refractivity (Wildman–Crippen MR) is 112 cm³/mol. The van der Waals surface area contributed by atoms with Crippen molar-refractivity contribution in [2.45, 2.75) is 75.9 Å². The molecule has 1 amide bonds. The molecule has 2 aliphatic rings. The van der Waals surface area contributed by atoms with E-state index in [2.05, 4.69) is 26.6 Å². The predicted octanol–water partition coefficient (Wildman–Crippen LogP) is 1.66. The number of alkyl halides is 1. The third-order valence-corrected chi connectivity index (χ3v) is 6.21. The monoisotopic (exact) mass is 471 g/mol. The van der Waals surface area contributed by atoms with Gasteiger partial charge in [-0.2, -0.15) is 0 Å². The van der Waals surface area contributed by atoms with Crippen LogP contribution in [0.2, 0.25) is 0 Å². The second kappa shape index (κ2) is 10.3. The largest absolute Gasteiger partial charge is 0.379 e. The number of hydrogen-bond acceptors (Lipinski definition) is 7. The normalized spacial score (nSPS) is 29.6. The molecule has 1 aromatic carbocycles. The highest BCUT2D eigenvalue weighted by molar-refractivity contribution is 9.09. The maximum atomic E-state index is 12.3. The van der Waals surface area contributed by atoms with Crippen molar-refractivity contribution in [2.24, 2.45) is 0 Å². The molecule has 29 heavy (non-hydrogen) atoms. The molecule has 0 bridgehead atoms. The third kappa shape index (κ3) is 5.16. The maximum Gasteiger partial charge on any atom is 0.224 e. The average molecular weight is 472 g/mol. The lowest BCUT2D eigenvalue weighted by molar-refractivity contribution is -0.158. The van der Waals surface area contributed by atoms with E-state index in [0.717, 1.165) is 31.0 Å². The van der Waals surface area contributed by atoms with E-state index in [0.29, 0.717) is 36.1 Å². The van der Waals surface area contributed by atoms with Crippen LogP contribution in [0.4, 0.5) is 5.69 Å². The Bertz CT molecular complexity index is 707. The lowest BCUT2D eigenvalue weighted by atomic mass is 10.0. The minimum Gasteiger partial charge on any atom is -0.379 e. The summed E-state index contributed by atoms with van der Waals surface area (Å²) in [4.78, 5) is 13.8. The molecule has 0 radical (unpaired) electrons. The van der Waals surface area contributed by atoms with Crippen molar-refractivity contribution in [1.29, 1.82) is 0 Å². The van der Waals surface area contributed by atoms with Gasteiger partial charge in [0.25, 0.3) is 0 Å². The van der Waals surface area contributed by atoms with Gasteiger partial charge in [-0.05, 0) is 31.7 Å². The van der Waals surface area contributed by atoms with Gasteiger partial charge in [-0.15, -0.1) is 0 Å². The number of anilines is 1. The molecule has 162 valence electrons. The van der Waals surface area contributed by atoms with E-state index >= 15 is 0 Å². The molecule has 0 aliphatic carbocycles. The fourth-order valence-corrected chi connectivity index (χ4v) is 4.54. The molecule has 1 fully saturated rings. The summed E-state index contributed by atoms with van der Waals surface area (Å²) < 4.78 is 0. The Morgan fingerprint density at radius 1 is 1.10 bits per heavy atom. The van der Waals surface area contributed by atoms with Crippen LogP contribution in [0.1, 0.15) is 68.5 Å². The molecule has 0 aromatic heterocycles. The number of amides is 1. The second-order valence-electron chi connectivity index (χ2n) is 7.68. The fraction of sp³-hybridized carbons (Fsp3) is 0.650. The van der Waals surface area contributed by atoms with E-state index in [1.54, 1.807) is 18.2 Å². The van der Waals surface area contributed by atoms with E-state index in [4.69, 9.17) is 0 Å². The molecular weight excluding hydrogens is 442 g/mol. The first kappa shape index (κ1) is 22.6. The summed E-state index contributed by atoms with van der Waals surface area (Å²) in [5, 5.41) is 48.1. The van der Waals surface area contributed by atoms with Crippen molar-refractivity contribution in [3.8, 4) is 0 Å². The Balaban J connectivity index is 1.69. The van der Waals surface area contributed by atoms with Crippen molar-refractivity contribution in [3.05, 3.63) is 29.3 Å². The fourth-order valence-electron chi connectivity index (χ4n) is 4.15. The van der Waals surface area contributed by atoms with Crippen LogP contribution < -0.4 is 10.6 Å². The molecule has 6 N–H and O–H groups in total. The molecular formula is C20H30BrN3O5. The molecule has 2 aliphatic heterocycles. The van der Waals surface area contributed by atoms with Crippen molar-refractivity contribution >= 4 is 27.5 Å². The van der Waals surface area contributed by atoms with Gasteiger partial charge in [0.1, 0.15) is 24.9 Å². The number of hydrogen-bond donors (Lipinski definition) is 6. The topological polar surface area (TPSA) is 125 Å². The number of piperidine rings is 1. The number of aliphatic hydroxyl groups excluding tert-OH is 4. The van der Waals surface area contributed by atoms with Gasteiger partial charge in [0.2, 0.25) is 5.91 Å². The first-order chi connectivity index (χ1) is 13.9. The number of carbonyl (C=O) groups excluding carboxylic acids is 1. The van der Waals surface area contributed by atoms with Crippen LogP contribution in [0, 0.1) is 0 Å². The van der Waals surface area contributed by atoms with Crippen LogP contribution in [-0.4, -0.2) is 55.1 Å². The Morgan fingerprint density at radius 3 is 2.59 bits per heavy atom. The molecule has 2 heterocycles. The molecule has 8 nitrogen and oxygen atoms in total. The van der Waals surface area contributed by atoms with Gasteiger partial charge in [-0.3, -0.25) is 10.1 Å². The second-order valence-corrected chi connectivity index (χ2v) is 8.47. The number of rotatable bonds is 8. The Labute approximate surface area is 179 Å². The molecule has 0 spiro atoms. The smallest absolute Gasteiger partial charge is 0.224 e. The number of carbonyl (C=O) groups is 1. The first-order valence-corrected chi connectivity index (χ1v) is 11.3. The average Bonchev–Trinajstić information content (AvgIpc) is 2.93. The SMILES string of the molecule is O=C(CCCCCCBr)Nc1cccc2c1C(O)N(C1CCC(O)NC1O)C2O. The third-order valence-electron chi connectivity index (χ3n) is 5.65. The molecule has 1 aromatic rings. The highest BCUT2D eigenvalue weighted by Crippen LogP contribution is 2.45. The molecule has 9 heteroatoms. The highest BCUT2D eigenvalue weighted by atomic mass is 79.9. The number of nitrogens with zero attached hydrogens (tertiary/aromatic N) is 1. The Kier molecular flexibility index (Phi) is 8.03. The summed E-state index contributed by atoms with van der Waals surface area (Å²) >= 11 is 3.39. The highest BCUT2D eigenvalue weighted by Gasteiger charge is 2.45. The molecule has 0 saturated carbocycles. The van der Waals surface area contributed by atoms with Gasteiger partial charge < -0.3 is 25.7 Å². The van der Waals surface area contributed by atoms with Crippen molar-refractivity contribution in [3.63, 3.8) is 0 Å². The van der Waals surface area contributed by atoms with Crippen LogP contribution in [0.3, 0.4) is 0 Å². The van der Waals surface area contributed by atoms with Crippen LogP contribution >= 0.6 is 15.9 Å². The van der Waals surface area contributed by atoms with Crippen LogP contribution in [-0.2, 0) is 4.79 Å². The number of nitrogens with one attached hydrogen (secondary N) is 2. The maximum absolute atomic E-state index is 12.3. The molecule has 1 saturated heterocycles. The van der Waals surface area contributed by atoms with Gasteiger partial charge in [0.15, 0.2) is 0 Å². The van der Waals surface area contributed by atoms with E-state index < -0.39 is 31.0 Å². The van der Waals surface area contributed by atoms with Crippen LogP contribution in [0.25, 0.3) is 0 Å². The van der Waals surface area contributed by atoms with Crippen molar-refractivity contribution in [2.75, 3.05) is 10.6 Å². The summed E-state index contributed by atoms with van der Waals surface area (Å²) in [6, 6.07) is 4.56. The zero-order valence-corrected chi connectivity index (χ0v) is 17.9. The number of unbranched alkanes of at least 4 members (excludes halogenated alkanes) is 3. The standard InChI is InChI=1S/C20H30BrN3O5/c21-11-4-2-1-3-8-15(25)22-13-7-5-6-12-17(13)20(29)24(19(12)28)14-9-10-16(26)23-18(14)27/h5-7,14,16,18-20,23,26-29H,1-4,8-11H2,(H,22,25). The van der Waals surface area contributed by atoms with E-state index in [1.807, 2.05) is 0 Å². The number of fused-ring (bicyclic) bond motifs is 1. The van der Waals surface area contributed by atoms with E-state index in [1.165, 1.54) is 4.90 Å².